The normalized spacial score (nSPS) is 9.88. The van der Waals surface area contributed by atoms with E-state index in [2.05, 4.69) is 21.2 Å². The van der Waals surface area contributed by atoms with Crippen molar-refractivity contribution < 1.29 is 14.7 Å². The first-order valence-corrected chi connectivity index (χ1v) is 5.66. The smallest absolute Gasteiger partial charge is 0.335 e. The monoisotopic (exact) mass is 285 g/mol. The number of aromatic carboxylic acids is 1. The van der Waals surface area contributed by atoms with Gasteiger partial charge >= 0.3 is 5.97 Å². The van der Waals surface area contributed by atoms with Crippen LogP contribution in [0, 0.1) is 0 Å². The first-order valence-electron chi connectivity index (χ1n) is 4.86. The summed E-state index contributed by atoms with van der Waals surface area (Å²) in [6.07, 6.45) is 1.18. The number of hydrogen-bond acceptors (Lipinski definition) is 2. The van der Waals surface area contributed by atoms with Crippen molar-refractivity contribution in [3.63, 3.8) is 0 Å². The Labute approximate surface area is 102 Å². The molecule has 0 saturated heterocycles. The highest BCUT2D eigenvalue weighted by Gasteiger charge is 2.07. The van der Waals surface area contributed by atoms with Crippen LogP contribution in [0.15, 0.2) is 22.7 Å². The van der Waals surface area contributed by atoms with Gasteiger partial charge in [0.2, 0.25) is 5.91 Å². The number of carboxylic acids is 1. The molecular formula is C11H12BrNO3. The van der Waals surface area contributed by atoms with Gasteiger partial charge in [0, 0.05) is 16.6 Å². The van der Waals surface area contributed by atoms with E-state index < -0.39 is 5.97 Å². The van der Waals surface area contributed by atoms with Gasteiger partial charge in [0.05, 0.1) is 5.56 Å². The maximum absolute atomic E-state index is 11.3. The minimum atomic E-state index is -1.02. The summed E-state index contributed by atoms with van der Waals surface area (Å²) in [5.74, 6) is -1.13. The molecule has 1 aromatic rings. The van der Waals surface area contributed by atoms with Crippen LogP contribution < -0.4 is 5.32 Å². The first kappa shape index (κ1) is 12.7. The van der Waals surface area contributed by atoms with Gasteiger partial charge in [-0.1, -0.05) is 22.9 Å². The van der Waals surface area contributed by atoms with Crippen LogP contribution in [0.3, 0.4) is 0 Å². The van der Waals surface area contributed by atoms with E-state index in [1.165, 1.54) is 12.1 Å². The van der Waals surface area contributed by atoms with Crippen LogP contribution in [-0.4, -0.2) is 17.0 Å². The van der Waals surface area contributed by atoms with Crippen LogP contribution in [0.4, 0.5) is 5.69 Å². The second kappa shape index (κ2) is 5.65. The highest BCUT2D eigenvalue weighted by atomic mass is 79.9. The van der Waals surface area contributed by atoms with E-state index in [9.17, 15) is 9.59 Å². The predicted octanol–water partition coefficient (Wildman–Crippen LogP) is 2.89. The van der Waals surface area contributed by atoms with Gasteiger partial charge in [-0.2, -0.15) is 0 Å². The highest BCUT2D eigenvalue weighted by Crippen LogP contribution is 2.20. The molecule has 0 heterocycles. The minimum Gasteiger partial charge on any atom is -0.478 e. The summed E-state index contributed by atoms with van der Waals surface area (Å²) in [5.41, 5.74) is 0.631. The Balaban J connectivity index is 2.88. The standard InChI is InChI=1S/C11H12BrNO3/c1-2-3-10(14)13-9-5-7(11(15)16)4-8(12)6-9/h4-6H,2-3H2,1H3,(H,13,14)(H,15,16). The van der Waals surface area contributed by atoms with Crippen LogP contribution in [-0.2, 0) is 4.79 Å². The molecule has 0 bridgehead atoms. The molecule has 1 aromatic carbocycles. The number of carbonyl (C=O) groups excluding carboxylic acids is 1. The van der Waals surface area contributed by atoms with E-state index >= 15 is 0 Å². The van der Waals surface area contributed by atoms with Crippen LogP contribution >= 0.6 is 15.9 Å². The molecule has 0 aliphatic carbocycles. The maximum Gasteiger partial charge on any atom is 0.335 e. The van der Waals surface area contributed by atoms with E-state index in [-0.39, 0.29) is 11.5 Å². The Kier molecular flexibility index (Phi) is 4.49. The molecule has 0 aromatic heterocycles. The second-order valence-corrected chi connectivity index (χ2v) is 4.25. The van der Waals surface area contributed by atoms with Gasteiger partial charge in [-0.05, 0) is 24.6 Å². The van der Waals surface area contributed by atoms with Crippen molar-refractivity contribution in [2.75, 3.05) is 5.32 Å². The Hall–Kier alpha value is -1.36. The molecule has 0 aliphatic heterocycles. The number of halogens is 1. The molecule has 86 valence electrons. The number of nitrogens with one attached hydrogen (secondary N) is 1. The molecule has 0 spiro atoms. The maximum atomic E-state index is 11.3. The lowest BCUT2D eigenvalue weighted by Gasteiger charge is -2.06. The fraction of sp³-hybridized carbons (Fsp3) is 0.273. The summed E-state index contributed by atoms with van der Waals surface area (Å²) in [6.45, 7) is 1.91. The zero-order valence-electron chi connectivity index (χ0n) is 8.79. The molecule has 2 N–H and O–H groups in total. The topological polar surface area (TPSA) is 66.4 Å². The number of amides is 1. The number of carboxylic acid groups (broad SMARTS) is 1. The largest absolute Gasteiger partial charge is 0.478 e. The average Bonchev–Trinajstić information content (AvgIpc) is 2.16. The number of anilines is 1. The molecule has 0 fully saturated rings. The molecule has 16 heavy (non-hydrogen) atoms. The summed E-state index contributed by atoms with van der Waals surface area (Å²) in [4.78, 5) is 22.1. The van der Waals surface area contributed by atoms with Crippen LogP contribution in [0.5, 0.6) is 0 Å². The zero-order valence-corrected chi connectivity index (χ0v) is 10.4. The molecule has 0 radical (unpaired) electrons. The summed E-state index contributed by atoms with van der Waals surface area (Å²) in [5, 5.41) is 11.5. The quantitative estimate of drug-likeness (QED) is 0.894. The lowest BCUT2D eigenvalue weighted by atomic mass is 10.2. The van der Waals surface area contributed by atoms with Gasteiger partial charge in [-0.25, -0.2) is 4.79 Å². The lowest BCUT2D eigenvalue weighted by molar-refractivity contribution is -0.116. The van der Waals surface area contributed by atoms with Gasteiger partial charge in [0.15, 0.2) is 0 Å². The second-order valence-electron chi connectivity index (χ2n) is 3.33. The van der Waals surface area contributed by atoms with E-state index in [0.29, 0.717) is 16.6 Å². The third kappa shape index (κ3) is 3.66. The molecule has 1 rings (SSSR count). The molecule has 5 heteroatoms. The molecule has 0 saturated carbocycles. The SMILES string of the molecule is CCCC(=O)Nc1cc(Br)cc(C(=O)O)c1. The van der Waals surface area contributed by atoms with Crippen molar-refractivity contribution in [3.05, 3.63) is 28.2 Å². The Morgan fingerprint density at radius 1 is 1.38 bits per heavy atom. The first-order chi connectivity index (χ1) is 7.52. The van der Waals surface area contributed by atoms with Gasteiger partial charge in [-0.3, -0.25) is 4.79 Å². The van der Waals surface area contributed by atoms with E-state index in [1.807, 2.05) is 6.92 Å². The van der Waals surface area contributed by atoms with Crippen molar-refractivity contribution in [2.45, 2.75) is 19.8 Å². The van der Waals surface area contributed by atoms with Crippen molar-refractivity contribution in [1.29, 1.82) is 0 Å². The van der Waals surface area contributed by atoms with E-state index in [4.69, 9.17) is 5.11 Å². The summed E-state index contributed by atoms with van der Waals surface area (Å²) >= 11 is 3.20. The van der Waals surface area contributed by atoms with E-state index in [0.717, 1.165) is 6.42 Å². The van der Waals surface area contributed by atoms with E-state index in [1.54, 1.807) is 6.07 Å². The number of hydrogen-bond donors (Lipinski definition) is 2. The van der Waals surface area contributed by atoms with Gasteiger partial charge in [-0.15, -0.1) is 0 Å². The van der Waals surface area contributed by atoms with Crippen molar-refractivity contribution in [1.82, 2.24) is 0 Å². The third-order valence-corrected chi connectivity index (χ3v) is 2.36. The summed E-state index contributed by atoms with van der Waals surface area (Å²) < 4.78 is 0.624. The average molecular weight is 286 g/mol. The number of carbonyl (C=O) groups is 2. The number of benzene rings is 1. The lowest BCUT2D eigenvalue weighted by Crippen LogP contribution is -2.11. The fourth-order valence-electron chi connectivity index (χ4n) is 1.24. The highest BCUT2D eigenvalue weighted by molar-refractivity contribution is 9.10. The molecule has 0 unspecified atom stereocenters. The minimum absolute atomic E-state index is 0.114. The molecule has 0 aliphatic rings. The Morgan fingerprint density at radius 3 is 2.62 bits per heavy atom. The van der Waals surface area contributed by atoms with Crippen LogP contribution in [0.1, 0.15) is 30.1 Å². The Morgan fingerprint density at radius 2 is 2.06 bits per heavy atom. The number of rotatable bonds is 4. The molecule has 1 amide bonds. The van der Waals surface area contributed by atoms with Gasteiger partial charge in [0.25, 0.3) is 0 Å². The van der Waals surface area contributed by atoms with Crippen molar-refractivity contribution >= 4 is 33.5 Å². The summed E-state index contributed by atoms with van der Waals surface area (Å²) in [6, 6.07) is 4.58. The Bertz CT molecular complexity index is 418. The van der Waals surface area contributed by atoms with Crippen LogP contribution in [0.2, 0.25) is 0 Å². The predicted molar refractivity (Wildman–Crippen MR) is 64.6 cm³/mol. The third-order valence-electron chi connectivity index (χ3n) is 1.91. The van der Waals surface area contributed by atoms with Crippen molar-refractivity contribution in [3.8, 4) is 0 Å². The van der Waals surface area contributed by atoms with Gasteiger partial charge < -0.3 is 10.4 Å². The zero-order chi connectivity index (χ0) is 12.1. The molecule has 0 atom stereocenters. The molecular weight excluding hydrogens is 274 g/mol. The van der Waals surface area contributed by atoms with Gasteiger partial charge in [0.1, 0.15) is 0 Å². The molecule has 4 nitrogen and oxygen atoms in total. The van der Waals surface area contributed by atoms with Crippen LogP contribution in [0.25, 0.3) is 0 Å². The summed E-state index contributed by atoms with van der Waals surface area (Å²) in [7, 11) is 0. The fourth-order valence-corrected chi connectivity index (χ4v) is 1.73. The van der Waals surface area contributed by atoms with Crippen molar-refractivity contribution in [2.24, 2.45) is 0 Å².